The van der Waals surface area contributed by atoms with Crippen molar-refractivity contribution in [1.82, 2.24) is 9.97 Å². The number of rotatable bonds is 4. The second-order valence-electron chi connectivity index (χ2n) is 3.40. The van der Waals surface area contributed by atoms with Crippen molar-refractivity contribution in [2.75, 3.05) is 11.7 Å². The predicted molar refractivity (Wildman–Crippen MR) is 73.1 cm³/mol. The van der Waals surface area contributed by atoms with E-state index in [2.05, 4.69) is 15.4 Å². The van der Waals surface area contributed by atoms with E-state index in [4.69, 9.17) is 22.2 Å². The van der Waals surface area contributed by atoms with Crippen LogP contribution in [0.2, 0.25) is 5.02 Å². The average molecular weight is 301 g/mol. The van der Waals surface area contributed by atoms with Crippen LogP contribution in [-0.2, 0) is 0 Å². The molecule has 19 heavy (non-hydrogen) atoms. The quantitative estimate of drug-likeness (QED) is 0.391. The molecule has 8 heteroatoms. The molecule has 1 aromatic heterocycles. The summed E-state index contributed by atoms with van der Waals surface area (Å²) in [5.41, 5.74) is 2.41. The first-order valence-electron chi connectivity index (χ1n) is 5.15. The molecule has 0 fully saturated rings. The van der Waals surface area contributed by atoms with E-state index in [1.165, 1.54) is 30.0 Å². The first-order valence-corrected chi connectivity index (χ1v) is 6.75. The van der Waals surface area contributed by atoms with Gasteiger partial charge in [-0.2, -0.15) is 4.98 Å². The zero-order valence-corrected chi connectivity index (χ0v) is 11.4. The Bertz CT molecular complexity index is 577. The number of nitrogens with two attached hydrogens (primary N) is 1. The number of hydrogen-bond acceptors (Lipinski definition) is 6. The monoisotopic (exact) mass is 300 g/mol. The van der Waals surface area contributed by atoms with Gasteiger partial charge in [0.25, 0.3) is 0 Å². The predicted octanol–water partition coefficient (Wildman–Crippen LogP) is 3.07. The highest BCUT2D eigenvalue weighted by Gasteiger charge is 2.07. The van der Waals surface area contributed by atoms with Gasteiger partial charge in [-0.05, 0) is 18.4 Å². The second kappa shape index (κ2) is 6.05. The highest BCUT2D eigenvalue weighted by molar-refractivity contribution is 7.98. The van der Waals surface area contributed by atoms with Gasteiger partial charge >= 0.3 is 0 Å². The number of benzene rings is 1. The van der Waals surface area contributed by atoms with Gasteiger partial charge in [0.2, 0.25) is 5.88 Å². The van der Waals surface area contributed by atoms with Crippen molar-refractivity contribution in [3.8, 4) is 11.6 Å². The van der Waals surface area contributed by atoms with Gasteiger partial charge in [-0.15, -0.1) is 0 Å². The van der Waals surface area contributed by atoms with Crippen LogP contribution < -0.4 is 16.0 Å². The van der Waals surface area contributed by atoms with Gasteiger partial charge < -0.3 is 10.2 Å². The van der Waals surface area contributed by atoms with Crippen molar-refractivity contribution in [1.29, 1.82) is 0 Å². The molecular formula is C11H10ClFN4OS. The molecule has 2 aromatic rings. The van der Waals surface area contributed by atoms with Crippen molar-refractivity contribution in [2.45, 2.75) is 5.16 Å². The van der Waals surface area contributed by atoms with Crippen molar-refractivity contribution < 1.29 is 9.13 Å². The van der Waals surface area contributed by atoms with E-state index >= 15 is 0 Å². The maximum atomic E-state index is 13.3. The molecule has 2 rings (SSSR count). The van der Waals surface area contributed by atoms with E-state index in [0.717, 1.165) is 0 Å². The minimum Gasteiger partial charge on any atom is -0.439 e. The van der Waals surface area contributed by atoms with E-state index in [0.29, 0.717) is 11.0 Å². The molecule has 0 saturated heterocycles. The van der Waals surface area contributed by atoms with E-state index in [1.54, 1.807) is 6.07 Å². The summed E-state index contributed by atoms with van der Waals surface area (Å²) in [5.74, 6) is 5.69. The summed E-state index contributed by atoms with van der Waals surface area (Å²) in [6.45, 7) is 0. The summed E-state index contributed by atoms with van der Waals surface area (Å²) in [6, 6.07) is 5.64. The Labute approximate surface area is 118 Å². The molecule has 1 aromatic carbocycles. The largest absolute Gasteiger partial charge is 0.439 e. The van der Waals surface area contributed by atoms with E-state index in [1.807, 2.05) is 6.26 Å². The SMILES string of the molecule is CSc1nc(NN)cc(Oc2ccc(Cl)c(F)c2)n1. The number of anilines is 1. The van der Waals surface area contributed by atoms with Crippen LogP contribution in [0.3, 0.4) is 0 Å². The van der Waals surface area contributed by atoms with Crippen LogP contribution in [0.25, 0.3) is 0 Å². The minimum absolute atomic E-state index is 0.0316. The Kier molecular flexibility index (Phi) is 4.41. The fraction of sp³-hybridized carbons (Fsp3) is 0.0909. The molecule has 0 amide bonds. The highest BCUT2D eigenvalue weighted by atomic mass is 35.5. The average Bonchev–Trinajstić information content (AvgIpc) is 2.42. The molecular weight excluding hydrogens is 291 g/mol. The molecule has 1 heterocycles. The Morgan fingerprint density at radius 2 is 2.16 bits per heavy atom. The van der Waals surface area contributed by atoms with Crippen LogP contribution in [0.15, 0.2) is 29.4 Å². The normalized spacial score (nSPS) is 10.3. The number of thioether (sulfide) groups is 1. The molecule has 5 nitrogen and oxygen atoms in total. The van der Waals surface area contributed by atoms with Gasteiger partial charge in [0, 0.05) is 12.1 Å². The van der Waals surface area contributed by atoms with Crippen molar-refractivity contribution >= 4 is 29.2 Å². The van der Waals surface area contributed by atoms with E-state index in [-0.39, 0.29) is 16.7 Å². The summed E-state index contributed by atoms with van der Waals surface area (Å²) in [5, 5.41) is 0.518. The van der Waals surface area contributed by atoms with E-state index in [9.17, 15) is 4.39 Å². The van der Waals surface area contributed by atoms with Crippen LogP contribution in [-0.4, -0.2) is 16.2 Å². The molecule has 0 atom stereocenters. The summed E-state index contributed by atoms with van der Waals surface area (Å²) < 4.78 is 18.7. The van der Waals surface area contributed by atoms with Crippen LogP contribution in [0.4, 0.5) is 10.2 Å². The number of hydrogen-bond donors (Lipinski definition) is 2. The number of nitrogens with zero attached hydrogens (tertiary/aromatic N) is 2. The topological polar surface area (TPSA) is 73.1 Å². The zero-order valence-electron chi connectivity index (χ0n) is 9.85. The first kappa shape index (κ1) is 13.9. The molecule has 100 valence electrons. The Morgan fingerprint density at radius 3 is 2.79 bits per heavy atom. The number of hydrazine groups is 1. The molecule has 0 aliphatic carbocycles. The van der Waals surface area contributed by atoms with Crippen molar-refractivity contribution in [3.05, 3.63) is 35.1 Å². The van der Waals surface area contributed by atoms with Crippen LogP contribution in [0.5, 0.6) is 11.6 Å². The number of nitrogen functional groups attached to an aromatic ring is 1. The summed E-state index contributed by atoms with van der Waals surface area (Å²) >= 11 is 6.93. The van der Waals surface area contributed by atoms with Crippen molar-refractivity contribution in [2.24, 2.45) is 5.84 Å². The van der Waals surface area contributed by atoms with Gasteiger partial charge in [-0.3, -0.25) is 0 Å². The van der Waals surface area contributed by atoms with Crippen LogP contribution >= 0.6 is 23.4 Å². The van der Waals surface area contributed by atoms with Crippen LogP contribution in [0.1, 0.15) is 0 Å². The molecule has 0 bridgehead atoms. The lowest BCUT2D eigenvalue weighted by atomic mass is 10.3. The van der Waals surface area contributed by atoms with Gasteiger partial charge in [-0.25, -0.2) is 15.2 Å². The Balaban J connectivity index is 2.29. The van der Waals surface area contributed by atoms with E-state index < -0.39 is 5.82 Å². The highest BCUT2D eigenvalue weighted by Crippen LogP contribution is 2.26. The first-order chi connectivity index (χ1) is 9.12. The van der Waals surface area contributed by atoms with Gasteiger partial charge in [-0.1, -0.05) is 23.4 Å². The molecule has 0 aliphatic heterocycles. The molecule has 3 N–H and O–H groups in total. The number of nitrogens with one attached hydrogen (secondary N) is 1. The summed E-state index contributed by atoms with van der Waals surface area (Å²) in [7, 11) is 0. The van der Waals surface area contributed by atoms with Gasteiger partial charge in [0.1, 0.15) is 17.4 Å². The summed E-state index contributed by atoms with van der Waals surface area (Å²) in [4.78, 5) is 8.21. The fourth-order valence-electron chi connectivity index (χ4n) is 1.28. The third-order valence-corrected chi connectivity index (χ3v) is 2.98. The maximum Gasteiger partial charge on any atom is 0.225 e. The molecule has 0 aliphatic rings. The Hall–Kier alpha value is -1.57. The lowest BCUT2D eigenvalue weighted by Crippen LogP contribution is -2.09. The lowest BCUT2D eigenvalue weighted by molar-refractivity contribution is 0.451. The van der Waals surface area contributed by atoms with Gasteiger partial charge in [0.05, 0.1) is 5.02 Å². The number of ether oxygens (including phenoxy) is 1. The standard InChI is InChI=1S/C11H10ClFN4OS/c1-19-11-15-9(17-14)5-10(16-11)18-6-2-3-7(12)8(13)4-6/h2-5H,14H2,1H3,(H,15,16,17). The van der Waals surface area contributed by atoms with Crippen molar-refractivity contribution in [3.63, 3.8) is 0 Å². The lowest BCUT2D eigenvalue weighted by Gasteiger charge is -2.08. The number of halogens is 2. The van der Waals surface area contributed by atoms with Gasteiger partial charge in [0.15, 0.2) is 5.16 Å². The minimum atomic E-state index is -0.560. The molecule has 0 radical (unpaired) electrons. The third-order valence-electron chi connectivity index (χ3n) is 2.13. The number of aromatic nitrogens is 2. The molecule has 0 saturated carbocycles. The molecule has 0 unspecified atom stereocenters. The Morgan fingerprint density at radius 1 is 1.37 bits per heavy atom. The smallest absolute Gasteiger partial charge is 0.225 e. The maximum absolute atomic E-state index is 13.3. The third kappa shape index (κ3) is 3.46. The van der Waals surface area contributed by atoms with Crippen LogP contribution in [0, 0.1) is 5.82 Å². The second-order valence-corrected chi connectivity index (χ2v) is 4.58. The molecule has 0 spiro atoms. The fourth-order valence-corrected chi connectivity index (χ4v) is 1.77. The zero-order chi connectivity index (χ0) is 13.8. The summed E-state index contributed by atoms with van der Waals surface area (Å²) in [6.07, 6.45) is 1.82.